The molecule has 0 saturated carbocycles. The second-order valence-corrected chi connectivity index (χ2v) is 3.39. The van der Waals surface area contributed by atoms with Gasteiger partial charge in [0, 0.05) is 12.6 Å². The van der Waals surface area contributed by atoms with E-state index in [1.165, 1.54) is 7.11 Å². The lowest BCUT2D eigenvalue weighted by atomic mass is 10.4. The molecule has 0 saturated heterocycles. The second-order valence-electron chi connectivity index (χ2n) is 3.39. The van der Waals surface area contributed by atoms with Gasteiger partial charge < -0.3 is 15.4 Å². The van der Waals surface area contributed by atoms with Gasteiger partial charge in [0.1, 0.15) is 0 Å². The zero-order valence-electron chi connectivity index (χ0n) is 9.96. The van der Waals surface area contributed by atoms with Crippen LogP contribution in [0.4, 0.5) is 0 Å². The fourth-order valence-corrected chi connectivity index (χ4v) is 0.955. The minimum atomic E-state index is -0.237. The van der Waals surface area contributed by atoms with Crippen molar-refractivity contribution < 1.29 is 9.53 Å². The van der Waals surface area contributed by atoms with Crippen molar-refractivity contribution in [2.24, 2.45) is 4.99 Å². The minimum Gasteiger partial charge on any atom is -0.469 e. The molecule has 0 aliphatic heterocycles. The highest BCUT2D eigenvalue weighted by Crippen LogP contribution is 1.86. The van der Waals surface area contributed by atoms with Gasteiger partial charge in [0.15, 0.2) is 5.96 Å². The van der Waals surface area contributed by atoms with E-state index in [4.69, 9.17) is 0 Å². The van der Waals surface area contributed by atoms with E-state index in [2.05, 4.69) is 20.4 Å². The molecule has 0 unspecified atom stereocenters. The number of rotatable bonds is 5. The van der Waals surface area contributed by atoms with E-state index in [1.54, 1.807) is 0 Å². The maximum atomic E-state index is 10.8. The number of hydrogen-bond donors (Lipinski definition) is 2. The van der Waals surface area contributed by atoms with E-state index >= 15 is 0 Å². The lowest BCUT2D eigenvalue weighted by Crippen LogP contribution is -2.41. The Balaban J connectivity index is 3.99. The maximum absolute atomic E-state index is 10.8. The van der Waals surface area contributed by atoms with Gasteiger partial charge in [-0.15, -0.1) is 0 Å². The van der Waals surface area contributed by atoms with Crippen molar-refractivity contribution in [3.63, 3.8) is 0 Å². The van der Waals surface area contributed by atoms with Crippen LogP contribution in [0.25, 0.3) is 0 Å². The van der Waals surface area contributed by atoms with Crippen molar-refractivity contribution in [3.05, 3.63) is 0 Å². The molecule has 0 heterocycles. The summed E-state index contributed by atoms with van der Waals surface area (Å²) in [4.78, 5) is 15.1. The molecule has 0 aliphatic carbocycles. The number of methoxy groups -OCH3 is 1. The Morgan fingerprint density at radius 3 is 2.60 bits per heavy atom. The van der Waals surface area contributed by atoms with Crippen molar-refractivity contribution in [1.82, 2.24) is 10.6 Å². The summed E-state index contributed by atoms with van der Waals surface area (Å²) >= 11 is 0. The minimum absolute atomic E-state index is 0.237. The Hall–Kier alpha value is -1.26. The van der Waals surface area contributed by atoms with Crippen molar-refractivity contribution in [3.8, 4) is 0 Å². The number of nitrogens with zero attached hydrogens (tertiary/aromatic N) is 1. The number of hydrogen-bond acceptors (Lipinski definition) is 3. The van der Waals surface area contributed by atoms with Crippen LogP contribution >= 0.6 is 0 Å². The van der Waals surface area contributed by atoms with Gasteiger partial charge in [-0.1, -0.05) is 0 Å². The second kappa shape index (κ2) is 8.08. The van der Waals surface area contributed by atoms with Crippen LogP contribution in [0.1, 0.15) is 27.2 Å². The molecule has 0 aliphatic rings. The summed E-state index contributed by atoms with van der Waals surface area (Å²) in [6.07, 6.45) is 0.311. The van der Waals surface area contributed by atoms with Gasteiger partial charge in [0.25, 0.3) is 0 Å². The highest BCUT2D eigenvalue weighted by atomic mass is 16.5. The molecule has 0 aromatic heterocycles. The van der Waals surface area contributed by atoms with Crippen LogP contribution in [0, 0.1) is 0 Å². The Bertz CT molecular complexity index is 215. The first kappa shape index (κ1) is 13.7. The third-order valence-electron chi connectivity index (χ3n) is 1.58. The fourth-order valence-electron chi connectivity index (χ4n) is 0.955. The Kier molecular flexibility index (Phi) is 7.40. The lowest BCUT2D eigenvalue weighted by molar-refractivity contribution is -0.140. The summed E-state index contributed by atoms with van der Waals surface area (Å²) in [7, 11) is 1.38. The van der Waals surface area contributed by atoms with Gasteiger partial charge in [-0.05, 0) is 20.8 Å². The molecule has 0 rings (SSSR count). The van der Waals surface area contributed by atoms with E-state index in [-0.39, 0.29) is 5.97 Å². The average Bonchev–Trinajstić information content (AvgIpc) is 2.16. The van der Waals surface area contributed by atoms with Crippen LogP contribution in [-0.4, -0.2) is 38.2 Å². The molecule has 0 bridgehead atoms. The normalized spacial score (nSPS) is 11.4. The summed E-state index contributed by atoms with van der Waals surface area (Å²) in [6.45, 7) is 7.31. The molecule has 0 aromatic carbocycles. The summed E-state index contributed by atoms with van der Waals surface area (Å²) in [5.74, 6) is 0.496. The largest absolute Gasteiger partial charge is 0.469 e. The number of nitrogens with one attached hydrogen (secondary N) is 2. The van der Waals surface area contributed by atoms with E-state index in [0.717, 1.165) is 12.5 Å². The van der Waals surface area contributed by atoms with E-state index < -0.39 is 0 Å². The van der Waals surface area contributed by atoms with Crippen LogP contribution in [0.15, 0.2) is 4.99 Å². The molecule has 0 fully saturated rings. The molecule has 88 valence electrons. The summed E-state index contributed by atoms with van der Waals surface area (Å²) in [5, 5.41) is 6.25. The van der Waals surface area contributed by atoms with Gasteiger partial charge in [-0.25, -0.2) is 0 Å². The third kappa shape index (κ3) is 7.78. The van der Waals surface area contributed by atoms with Crippen LogP contribution < -0.4 is 10.6 Å². The Labute approximate surface area is 91.3 Å². The van der Waals surface area contributed by atoms with Crippen LogP contribution in [0.2, 0.25) is 0 Å². The molecule has 0 amide bonds. The molecule has 0 spiro atoms. The molecule has 0 aromatic rings. The first-order chi connectivity index (χ1) is 7.10. The highest BCUT2D eigenvalue weighted by molar-refractivity contribution is 5.80. The predicted octanol–water partition coefficient (Wildman–Crippen LogP) is 0.513. The van der Waals surface area contributed by atoms with Crippen molar-refractivity contribution in [2.45, 2.75) is 33.2 Å². The van der Waals surface area contributed by atoms with Gasteiger partial charge in [-0.2, -0.15) is 0 Å². The van der Waals surface area contributed by atoms with Crippen LogP contribution in [0.5, 0.6) is 0 Å². The SMILES string of the molecule is CCNC(=NCCC(=O)OC)NC(C)C. The molecule has 5 heteroatoms. The lowest BCUT2D eigenvalue weighted by Gasteiger charge is -2.13. The first-order valence-corrected chi connectivity index (χ1v) is 5.21. The summed E-state index contributed by atoms with van der Waals surface area (Å²) in [6, 6.07) is 0.320. The van der Waals surface area contributed by atoms with Gasteiger partial charge in [0.05, 0.1) is 20.1 Å². The zero-order valence-corrected chi connectivity index (χ0v) is 9.96. The quantitative estimate of drug-likeness (QED) is 0.398. The zero-order chi connectivity index (χ0) is 11.7. The van der Waals surface area contributed by atoms with Crippen molar-refractivity contribution >= 4 is 11.9 Å². The number of ether oxygens (including phenoxy) is 1. The maximum Gasteiger partial charge on any atom is 0.307 e. The molecule has 5 nitrogen and oxygen atoms in total. The molecular formula is C10H21N3O2. The Morgan fingerprint density at radius 2 is 2.13 bits per heavy atom. The number of guanidine groups is 1. The summed E-state index contributed by atoms with van der Waals surface area (Å²) in [5.41, 5.74) is 0. The van der Waals surface area contributed by atoms with Gasteiger partial charge in [0.2, 0.25) is 0 Å². The topological polar surface area (TPSA) is 62.7 Å². The molecule has 0 atom stereocenters. The third-order valence-corrected chi connectivity index (χ3v) is 1.58. The highest BCUT2D eigenvalue weighted by Gasteiger charge is 2.01. The van der Waals surface area contributed by atoms with Crippen LogP contribution in [0.3, 0.4) is 0 Å². The van der Waals surface area contributed by atoms with E-state index in [9.17, 15) is 4.79 Å². The predicted molar refractivity (Wildman–Crippen MR) is 60.9 cm³/mol. The molecular weight excluding hydrogens is 194 g/mol. The molecule has 2 N–H and O–H groups in total. The van der Waals surface area contributed by atoms with Gasteiger partial charge in [-0.3, -0.25) is 9.79 Å². The fraction of sp³-hybridized carbons (Fsp3) is 0.800. The molecule has 15 heavy (non-hydrogen) atoms. The molecule has 0 radical (unpaired) electrons. The average molecular weight is 215 g/mol. The van der Waals surface area contributed by atoms with E-state index in [0.29, 0.717) is 19.0 Å². The van der Waals surface area contributed by atoms with Gasteiger partial charge >= 0.3 is 5.97 Å². The van der Waals surface area contributed by atoms with Crippen molar-refractivity contribution in [1.29, 1.82) is 0 Å². The first-order valence-electron chi connectivity index (χ1n) is 5.21. The number of esters is 1. The smallest absolute Gasteiger partial charge is 0.307 e. The number of carbonyl (C=O) groups is 1. The standard InChI is InChI=1S/C10H21N3O2/c1-5-11-10(13-8(2)3)12-7-6-9(14)15-4/h8H,5-7H2,1-4H3,(H2,11,12,13). The van der Waals surface area contributed by atoms with E-state index in [1.807, 2.05) is 20.8 Å². The van der Waals surface area contributed by atoms with Crippen LogP contribution in [-0.2, 0) is 9.53 Å². The Morgan fingerprint density at radius 1 is 1.47 bits per heavy atom. The monoisotopic (exact) mass is 215 g/mol. The number of aliphatic imine (C=N–C) groups is 1. The summed E-state index contributed by atoms with van der Waals surface area (Å²) < 4.78 is 4.52. The number of carbonyl (C=O) groups excluding carboxylic acids is 1. The van der Waals surface area contributed by atoms with Crippen molar-refractivity contribution in [2.75, 3.05) is 20.2 Å².